The molecule has 0 aromatic heterocycles. The zero-order valence-corrected chi connectivity index (χ0v) is 11.2. The Balaban J connectivity index is 2.11. The van der Waals surface area contributed by atoms with E-state index in [2.05, 4.69) is 5.32 Å². The predicted octanol–water partition coefficient (Wildman–Crippen LogP) is 0.602. The van der Waals surface area contributed by atoms with Crippen molar-refractivity contribution in [3.63, 3.8) is 0 Å². The van der Waals surface area contributed by atoms with Crippen LogP contribution in [0.1, 0.15) is 5.56 Å². The van der Waals surface area contributed by atoms with E-state index in [1.165, 1.54) is 4.31 Å². The van der Waals surface area contributed by atoms with Gasteiger partial charge in [-0.1, -0.05) is 23.7 Å². The Morgan fingerprint density at radius 1 is 1.28 bits per heavy atom. The van der Waals surface area contributed by atoms with Crippen LogP contribution in [-0.2, 0) is 20.6 Å². The number of nitrogens with one attached hydrogen (secondary N) is 1. The maximum atomic E-state index is 12.1. The molecule has 2 rings (SSSR count). The zero-order chi connectivity index (χ0) is 13.2. The SMILES string of the molecule is O=C1CN(S(=O)(=O)Cc2ccc(Cl)cc2)CCN1. The molecule has 1 aromatic carbocycles. The number of halogens is 1. The van der Waals surface area contributed by atoms with Gasteiger partial charge in [0.25, 0.3) is 0 Å². The highest BCUT2D eigenvalue weighted by Gasteiger charge is 2.27. The minimum absolute atomic E-state index is 0.101. The maximum Gasteiger partial charge on any atom is 0.235 e. The number of hydrogen-bond acceptors (Lipinski definition) is 3. The quantitative estimate of drug-likeness (QED) is 0.886. The number of piperazine rings is 1. The number of rotatable bonds is 3. The Morgan fingerprint density at radius 3 is 2.56 bits per heavy atom. The number of carbonyl (C=O) groups excluding carboxylic acids is 1. The molecule has 0 saturated carbocycles. The lowest BCUT2D eigenvalue weighted by Gasteiger charge is -2.25. The molecule has 0 unspecified atom stereocenters. The van der Waals surface area contributed by atoms with Crippen molar-refractivity contribution in [2.45, 2.75) is 5.75 Å². The summed E-state index contributed by atoms with van der Waals surface area (Å²) in [4.78, 5) is 11.2. The van der Waals surface area contributed by atoms with Crippen molar-refractivity contribution in [3.8, 4) is 0 Å². The van der Waals surface area contributed by atoms with Crippen LogP contribution in [-0.4, -0.2) is 38.3 Å². The van der Waals surface area contributed by atoms with Crippen molar-refractivity contribution in [1.29, 1.82) is 0 Å². The van der Waals surface area contributed by atoms with E-state index in [0.29, 0.717) is 23.7 Å². The van der Waals surface area contributed by atoms with Gasteiger partial charge >= 0.3 is 0 Å². The van der Waals surface area contributed by atoms with Gasteiger partial charge in [-0.2, -0.15) is 4.31 Å². The molecule has 0 bridgehead atoms. The molecule has 0 atom stereocenters. The summed E-state index contributed by atoms with van der Waals surface area (Å²) in [7, 11) is -3.45. The molecule has 7 heteroatoms. The predicted molar refractivity (Wildman–Crippen MR) is 68.7 cm³/mol. The fourth-order valence-corrected chi connectivity index (χ4v) is 3.34. The summed E-state index contributed by atoms with van der Waals surface area (Å²) in [6, 6.07) is 6.64. The van der Waals surface area contributed by atoms with Gasteiger partial charge in [0, 0.05) is 18.1 Å². The average molecular weight is 289 g/mol. The molecule has 1 N–H and O–H groups in total. The number of benzene rings is 1. The fourth-order valence-electron chi connectivity index (χ4n) is 1.74. The molecule has 0 radical (unpaired) electrons. The molecule has 1 fully saturated rings. The van der Waals surface area contributed by atoms with Crippen LogP contribution in [0.2, 0.25) is 5.02 Å². The second kappa shape index (κ2) is 5.26. The summed E-state index contributed by atoms with van der Waals surface area (Å²) in [5.41, 5.74) is 0.658. The van der Waals surface area contributed by atoms with Gasteiger partial charge in [-0.3, -0.25) is 4.79 Å². The second-order valence-electron chi connectivity index (χ2n) is 4.07. The van der Waals surface area contributed by atoms with E-state index in [-0.39, 0.29) is 18.2 Å². The normalized spacial score (nSPS) is 17.5. The zero-order valence-electron chi connectivity index (χ0n) is 9.60. The molecular weight excluding hydrogens is 276 g/mol. The number of sulfonamides is 1. The number of amides is 1. The van der Waals surface area contributed by atoms with Crippen LogP contribution in [0.5, 0.6) is 0 Å². The highest BCUT2D eigenvalue weighted by Crippen LogP contribution is 2.14. The third kappa shape index (κ3) is 3.22. The van der Waals surface area contributed by atoms with Crippen LogP contribution in [0.3, 0.4) is 0 Å². The van der Waals surface area contributed by atoms with E-state index in [9.17, 15) is 13.2 Å². The standard InChI is InChI=1S/C11H13ClN2O3S/c12-10-3-1-9(2-4-10)8-18(16,17)14-6-5-13-11(15)7-14/h1-4H,5-8H2,(H,13,15). The van der Waals surface area contributed by atoms with E-state index < -0.39 is 10.0 Å². The molecule has 0 spiro atoms. The summed E-state index contributed by atoms with van der Waals surface area (Å²) in [5.74, 6) is -0.377. The van der Waals surface area contributed by atoms with E-state index in [4.69, 9.17) is 11.6 Å². The molecule has 1 heterocycles. The lowest BCUT2D eigenvalue weighted by Crippen LogP contribution is -2.50. The lowest BCUT2D eigenvalue weighted by molar-refractivity contribution is -0.122. The first-order chi connectivity index (χ1) is 8.47. The third-order valence-electron chi connectivity index (χ3n) is 2.66. The van der Waals surface area contributed by atoms with E-state index in [1.54, 1.807) is 24.3 Å². The molecular formula is C11H13ClN2O3S. The molecule has 1 amide bonds. The Bertz CT molecular complexity index is 542. The Labute approximate surface area is 111 Å². The third-order valence-corrected chi connectivity index (χ3v) is 4.71. The molecule has 5 nitrogen and oxygen atoms in total. The Hall–Kier alpha value is -1.11. The van der Waals surface area contributed by atoms with Crippen LogP contribution in [0.4, 0.5) is 0 Å². The van der Waals surface area contributed by atoms with Gasteiger partial charge in [-0.05, 0) is 17.7 Å². The van der Waals surface area contributed by atoms with E-state index in [0.717, 1.165) is 0 Å². The van der Waals surface area contributed by atoms with Crippen LogP contribution in [0.25, 0.3) is 0 Å². The van der Waals surface area contributed by atoms with Crippen molar-refractivity contribution < 1.29 is 13.2 Å². The molecule has 1 aliphatic heterocycles. The van der Waals surface area contributed by atoms with E-state index in [1.807, 2.05) is 0 Å². The topological polar surface area (TPSA) is 66.5 Å². The highest BCUT2D eigenvalue weighted by atomic mass is 35.5. The molecule has 0 aliphatic carbocycles. The van der Waals surface area contributed by atoms with Crippen LogP contribution >= 0.6 is 11.6 Å². The van der Waals surface area contributed by atoms with Crippen molar-refractivity contribution in [1.82, 2.24) is 9.62 Å². The molecule has 18 heavy (non-hydrogen) atoms. The first-order valence-corrected chi connectivity index (χ1v) is 7.45. The van der Waals surface area contributed by atoms with Crippen molar-refractivity contribution in [2.24, 2.45) is 0 Å². The van der Waals surface area contributed by atoms with Gasteiger partial charge in [0.05, 0.1) is 12.3 Å². The van der Waals surface area contributed by atoms with Gasteiger partial charge < -0.3 is 5.32 Å². The summed E-state index contributed by atoms with van der Waals surface area (Å²) in [5, 5.41) is 3.16. The summed E-state index contributed by atoms with van der Waals surface area (Å²) in [6.45, 7) is 0.580. The molecule has 1 aromatic rings. The van der Waals surface area contributed by atoms with Crippen LogP contribution in [0.15, 0.2) is 24.3 Å². The number of nitrogens with zero attached hydrogens (tertiary/aromatic N) is 1. The minimum atomic E-state index is -3.45. The van der Waals surface area contributed by atoms with Crippen molar-refractivity contribution >= 4 is 27.5 Å². The first kappa shape index (κ1) is 13.3. The highest BCUT2D eigenvalue weighted by molar-refractivity contribution is 7.88. The molecule has 1 aliphatic rings. The van der Waals surface area contributed by atoms with Crippen LogP contribution < -0.4 is 5.32 Å². The van der Waals surface area contributed by atoms with E-state index >= 15 is 0 Å². The minimum Gasteiger partial charge on any atom is -0.354 e. The molecule has 1 saturated heterocycles. The molecule has 98 valence electrons. The smallest absolute Gasteiger partial charge is 0.235 e. The van der Waals surface area contributed by atoms with Gasteiger partial charge in [0.15, 0.2) is 0 Å². The summed E-state index contributed by atoms with van der Waals surface area (Å²) in [6.07, 6.45) is 0. The first-order valence-electron chi connectivity index (χ1n) is 5.46. The summed E-state index contributed by atoms with van der Waals surface area (Å²) < 4.78 is 25.4. The Kier molecular flexibility index (Phi) is 3.89. The van der Waals surface area contributed by atoms with Crippen molar-refractivity contribution in [2.75, 3.05) is 19.6 Å². The monoisotopic (exact) mass is 288 g/mol. The number of carbonyl (C=O) groups is 1. The fraction of sp³-hybridized carbons (Fsp3) is 0.364. The average Bonchev–Trinajstić information content (AvgIpc) is 2.32. The number of hydrogen-bond donors (Lipinski definition) is 1. The Morgan fingerprint density at radius 2 is 1.94 bits per heavy atom. The van der Waals surface area contributed by atoms with Crippen LogP contribution in [0, 0.1) is 0 Å². The lowest BCUT2D eigenvalue weighted by atomic mass is 10.2. The largest absolute Gasteiger partial charge is 0.354 e. The van der Waals surface area contributed by atoms with Gasteiger partial charge in [-0.15, -0.1) is 0 Å². The van der Waals surface area contributed by atoms with Crippen molar-refractivity contribution in [3.05, 3.63) is 34.9 Å². The van der Waals surface area contributed by atoms with Gasteiger partial charge in [0.2, 0.25) is 15.9 Å². The summed E-state index contributed by atoms with van der Waals surface area (Å²) >= 11 is 5.74. The van der Waals surface area contributed by atoms with Gasteiger partial charge in [0.1, 0.15) is 0 Å². The van der Waals surface area contributed by atoms with Gasteiger partial charge in [-0.25, -0.2) is 8.42 Å². The maximum absolute atomic E-state index is 12.1. The second-order valence-corrected chi connectivity index (χ2v) is 6.47.